The van der Waals surface area contributed by atoms with Crippen LogP contribution in [0.3, 0.4) is 0 Å². The Hall–Kier alpha value is -4.13. The molecule has 0 saturated heterocycles. The van der Waals surface area contributed by atoms with Gasteiger partial charge < -0.3 is 41.0 Å². The lowest BCUT2D eigenvalue weighted by atomic mass is 9.86. The number of nitrogens with zero attached hydrogens (tertiary/aromatic N) is 2. The number of phenolic OH excluding ortho intramolecular Hbond substituents is 2. The molecule has 0 bridgehead atoms. The maximum Gasteiger partial charge on any atom is 0.128 e. The van der Waals surface area contributed by atoms with Crippen molar-refractivity contribution in [1.29, 1.82) is 0 Å². The fourth-order valence-corrected chi connectivity index (χ4v) is 8.74. The summed E-state index contributed by atoms with van der Waals surface area (Å²) in [6.45, 7) is 15.9. The molecule has 5 aromatic rings. The van der Waals surface area contributed by atoms with Crippen molar-refractivity contribution in [2.24, 2.45) is 11.5 Å². The SMILES string of the molecule is CSc1cc(SC)c(N(CN)Cc2cc(C(C)(C)C)ccc2O)c(C)c1N(CN)Cc1cc(Oc2ccc(Sc3ccc(OC(C)(C)C)cc3)cc2)ccc1O. The number of rotatable bonds is 15. The summed E-state index contributed by atoms with van der Waals surface area (Å²) in [4.78, 5) is 8.53. The van der Waals surface area contributed by atoms with Crippen molar-refractivity contribution in [2.45, 2.75) is 92.2 Å². The van der Waals surface area contributed by atoms with Crippen molar-refractivity contribution in [3.8, 4) is 28.7 Å². The molecule has 6 N–H and O–H groups in total. The summed E-state index contributed by atoms with van der Waals surface area (Å²) in [6, 6.07) is 29.4. The van der Waals surface area contributed by atoms with E-state index in [1.54, 1.807) is 53.5 Å². The van der Waals surface area contributed by atoms with E-state index in [0.717, 1.165) is 53.4 Å². The van der Waals surface area contributed by atoms with E-state index in [1.807, 2.05) is 69.3 Å². The Labute approximate surface area is 346 Å². The van der Waals surface area contributed by atoms with Crippen molar-refractivity contribution in [2.75, 3.05) is 35.6 Å². The second kappa shape index (κ2) is 18.4. The van der Waals surface area contributed by atoms with Gasteiger partial charge in [0, 0.05) is 43.8 Å². The first-order valence-corrected chi connectivity index (χ1v) is 21.8. The molecule has 0 aliphatic carbocycles. The average Bonchev–Trinajstić information content (AvgIpc) is 3.15. The zero-order valence-corrected chi connectivity index (χ0v) is 36.4. The molecule has 298 valence electrons. The van der Waals surface area contributed by atoms with E-state index in [9.17, 15) is 10.2 Å². The highest BCUT2D eigenvalue weighted by Crippen LogP contribution is 2.45. The number of nitrogens with two attached hydrogens (primary N) is 2. The van der Waals surface area contributed by atoms with E-state index < -0.39 is 0 Å². The van der Waals surface area contributed by atoms with Gasteiger partial charge in [0.1, 0.15) is 34.3 Å². The first-order valence-electron chi connectivity index (χ1n) is 18.6. The molecule has 0 heterocycles. The average molecular weight is 813 g/mol. The molecule has 0 radical (unpaired) electrons. The molecule has 0 aromatic heterocycles. The number of aromatic hydroxyl groups is 2. The lowest BCUT2D eigenvalue weighted by Crippen LogP contribution is -2.33. The Bertz CT molecular complexity index is 2100. The van der Waals surface area contributed by atoms with Gasteiger partial charge in [-0.05, 0) is 142 Å². The highest BCUT2D eigenvalue weighted by atomic mass is 32.2. The highest BCUT2D eigenvalue weighted by molar-refractivity contribution is 7.99. The van der Waals surface area contributed by atoms with Crippen LogP contribution >= 0.6 is 35.3 Å². The van der Waals surface area contributed by atoms with E-state index in [2.05, 4.69) is 74.3 Å². The molecule has 56 heavy (non-hydrogen) atoms. The van der Waals surface area contributed by atoms with Gasteiger partial charge in [0.25, 0.3) is 0 Å². The first-order chi connectivity index (χ1) is 26.5. The van der Waals surface area contributed by atoms with Gasteiger partial charge in [-0.2, -0.15) is 0 Å². The van der Waals surface area contributed by atoms with Crippen molar-refractivity contribution in [1.82, 2.24) is 0 Å². The van der Waals surface area contributed by atoms with Crippen LogP contribution in [-0.4, -0.2) is 41.7 Å². The minimum Gasteiger partial charge on any atom is -0.508 e. The van der Waals surface area contributed by atoms with Gasteiger partial charge in [-0.1, -0.05) is 38.6 Å². The molecular weight excluding hydrogens is 757 g/mol. The third kappa shape index (κ3) is 10.8. The molecule has 5 aromatic carbocycles. The summed E-state index contributed by atoms with van der Waals surface area (Å²) < 4.78 is 12.2. The minimum absolute atomic E-state index is 0.0702. The number of ether oxygens (including phenoxy) is 2. The fraction of sp³-hybridized carbons (Fsp3) is 0.333. The molecule has 0 saturated carbocycles. The largest absolute Gasteiger partial charge is 0.508 e. The third-order valence-corrected chi connectivity index (χ3v) is 11.7. The van der Waals surface area contributed by atoms with Crippen LogP contribution in [0, 0.1) is 6.92 Å². The van der Waals surface area contributed by atoms with Crippen LogP contribution in [0.25, 0.3) is 0 Å². The van der Waals surface area contributed by atoms with Gasteiger partial charge in [0.15, 0.2) is 0 Å². The smallest absolute Gasteiger partial charge is 0.128 e. The van der Waals surface area contributed by atoms with Gasteiger partial charge in [0.2, 0.25) is 0 Å². The summed E-state index contributed by atoms with van der Waals surface area (Å²) >= 11 is 4.98. The van der Waals surface area contributed by atoms with Gasteiger partial charge in [-0.25, -0.2) is 0 Å². The molecule has 0 unspecified atom stereocenters. The zero-order valence-electron chi connectivity index (χ0n) is 34.0. The summed E-state index contributed by atoms with van der Waals surface area (Å²) in [6.07, 6.45) is 4.12. The molecule has 0 aliphatic heterocycles. The number of thioether (sulfide) groups is 2. The van der Waals surface area contributed by atoms with Gasteiger partial charge >= 0.3 is 0 Å². The van der Waals surface area contributed by atoms with Crippen LogP contribution in [0.1, 0.15) is 63.8 Å². The van der Waals surface area contributed by atoms with Gasteiger partial charge in [-0.15, -0.1) is 23.5 Å². The molecule has 0 amide bonds. The van der Waals surface area contributed by atoms with Crippen LogP contribution in [0.15, 0.2) is 111 Å². The van der Waals surface area contributed by atoms with E-state index in [1.165, 1.54) is 0 Å². The molecule has 8 nitrogen and oxygen atoms in total. The van der Waals surface area contributed by atoms with Crippen LogP contribution in [0.2, 0.25) is 0 Å². The molecule has 0 atom stereocenters. The number of anilines is 2. The summed E-state index contributed by atoms with van der Waals surface area (Å²) in [5, 5.41) is 22.0. The summed E-state index contributed by atoms with van der Waals surface area (Å²) in [7, 11) is 0. The Morgan fingerprint density at radius 2 is 1.07 bits per heavy atom. The lowest BCUT2D eigenvalue weighted by Gasteiger charge is -2.33. The zero-order chi connectivity index (χ0) is 40.8. The molecule has 0 aliphatic rings. The molecule has 0 spiro atoms. The van der Waals surface area contributed by atoms with Gasteiger partial charge in [0.05, 0.1) is 24.7 Å². The normalized spacial score (nSPS) is 11.8. The van der Waals surface area contributed by atoms with E-state index >= 15 is 0 Å². The topological polar surface area (TPSA) is 117 Å². The van der Waals surface area contributed by atoms with Crippen molar-refractivity contribution >= 4 is 46.7 Å². The monoisotopic (exact) mass is 812 g/mol. The minimum atomic E-state index is -0.242. The number of benzene rings is 5. The van der Waals surface area contributed by atoms with E-state index in [4.69, 9.17) is 20.9 Å². The molecule has 0 fully saturated rings. The maximum absolute atomic E-state index is 11.1. The second-order valence-corrected chi connectivity index (χ2v) is 18.5. The van der Waals surface area contributed by atoms with Crippen LogP contribution < -0.4 is 30.7 Å². The van der Waals surface area contributed by atoms with Crippen LogP contribution in [0.4, 0.5) is 11.4 Å². The van der Waals surface area contributed by atoms with Crippen LogP contribution in [-0.2, 0) is 18.5 Å². The molecule has 5 rings (SSSR count). The van der Waals surface area contributed by atoms with Crippen LogP contribution in [0.5, 0.6) is 28.7 Å². The number of hydrogen-bond donors (Lipinski definition) is 4. The maximum atomic E-state index is 11.1. The number of hydrogen-bond acceptors (Lipinski definition) is 11. The first kappa shape index (κ1) is 43.0. The van der Waals surface area contributed by atoms with Gasteiger partial charge in [-0.3, -0.25) is 0 Å². The molecular formula is C45H56N4O4S3. The Kier molecular flexibility index (Phi) is 14.1. The lowest BCUT2D eigenvalue weighted by molar-refractivity contribution is 0.131. The molecule has 11 heteroatoms. The standard InChI is InChI=1S/C45H56N4O4S3/c1-29-42(48(27-46)25-30-22-32(44(2,3)4)10-20-38(30)50)40(54-8)24-41(55-9)43(29)49(28-47)26-31-23-35(15-21-39(31)51)52-33-11-16-36(17-12-33)56-37-18-13-34(14-19-37)53-45(5,6)7/h10-24,50-51H,25-28,46-47H2,1-9H3. The van der Waals surface area contributed by atoms with E-state index in [-0.39, 0.29) is 35.9 Å². The Morgan fingerprint density at radius 3 is 1.54 bits per heavy atom. The predicted molar refractivity (Wildman–Crippen MR) is 238 cm³/mol. The van der Waals surface area contributed by atoms with Crippen molar-refractivity contribution in [3.63, 3.8) is 0 Å². The number of phenols is 2. The summed E-state index contributed by atoms with van der Waals surface area (Å²) in [5.41, 5.74) is 18.3. The Morgan fingerprint density at radius 1 is 0.607 bits per heavy atom. The third-order valence-electron chi connectivity index (χ3n) is 9.21. The van der Waals surface area contributed by atoms with E-state index in [0.29, 0.717) is 30.2 Å². The van der Waals surface area contributed by atoms with Crippen molar-refractivity contribution in [3.05, 3.63) is 113 Å². The second-order valence-electron chi connectivity index (χ2n) is 15.6. The van der Waals surface area contributed by atoms with Crippen molar-refractivity contribution < 1.29 is 19.7 Å². The summed E-state index contributed by atoms with van der Waals surface area (Å²) in [5.74, 6) is 2.54. The quantitative estimate of drug-likeness (QED) is 0.0598. The fourth-order valence-electron chi connectivity index (χ4n) is 6.42. The predicted octanol–water partition coefficient (Wildman–Crippen LogP) is 11.1. The Balaban J connectivity index is 1.38. The highest BCUT2D eigenvalue weighted by Gasteiger charge is 2.25.